The number of tetrazole rings is 1. The number of hydrogen-bond acceptors (Lipinski definition) is 5. The van der Waals surface area contributed by atoms with E-state index in [-0.39, 0.29) is 23.8 Å². The molecule has 2 atom stereocenters. The molecule has 2 N–H and O–H groups in total. The Labute approximate surface area is 118 Å². The molecular weight excluding hydrogens is 260 g/mol. The maximum absolute atomic E-state index is 12.5. The Morgan fingerprint density at radius 3 is 2.30 bits per heavy atom. The van der Waals surface area contributed by atoms with Crippen molar-refractivity contribution in [1.29, 1.82) is 0 Å². The van der Waals surface area contributed by atoms with Gasteiger partial charge in [0.1, 0.15) is 5.54 Å². The SMILES string of the molecule is CC(=O)NC(C)(C(=O)NC(C)c1nnnn1C)C(C)C. The van der Waals surface area contributed by atoms with Crippen LogP contribution in [-0.2, 0) is 16.6 Å². The van der Waals surface area contributed by atoms with Crippen molar-refractivity contribution in [3.63, 3.8) is 0 Å². The summed E-state index contributed by atoms with van der Waals surface area (Å²) in [5, 5.41) is 16.7. The van der Waals surface area contributed by atoms with Gasteiger partial charge in [-0.15, -0.1) is 5.10 Å². The number of nitrogens with zero attached hydrogens (tertiary/aromatic N) is 4. The Hall–Kier alpha value is -1.99. The van der Waals surface area contributed by atoms with Crippen LogP contribution >= 0.6 is 0 Å². The van der Waals surface area contributed by atoms with Gasteiger partial charge in [-0.05, 0) is 30.2 Å². The Bertz CT molecular complexity index is 498. The number of amides is 2. The Balaban J connectivity index is 2.87. The molecule has 1 aromatic heterocycles. The molecule has 8 nitrogen and oxygen atoms in total. The van der Waals surface area contributed by atoms with Crippen molar-refractivity contribution in [2.75, 3.05) is 0 Å². The maximum Gasteiger partial charge on any atom is 0.246 e. The highest BCUT2D eigenvalue weighted by molar-refractivity contribution is 5.91. The minimum absolute atomic E-state index is 0.0591. The lowest BCUT2D eigenvalue weighted by Gasteiger charge is -2.33. The molecule has 0 saturated carbocycles. The highest BCUT2D eigenvalue weighted by atomic mass is 16.2. The number of aromatic nitrogens is 4. The number of rotatable bonds is 5. The zero-order valence-electron chi connectivity index (χ0n) is 12.8. The standard InChI is InChI=1S/C12H22N6O2/c1-7(2)12(5,14-9(4)19)11(20)13-8(3)10-15-16-17-18(10)6/h7-8H,1-6H3,(H,13,20)(H,14,19). The average Bonchev–Trinajstić information content (AvgIpc) is 2.73. The van der Waals surface area contributed by atoms with E-state index in [2.05, 4.69) is 26.2 Å². The third-order valence-electron chi connectivity index (χ3n) is 3.45. The normalized spacial score (nSPS) is 15.6. The van der Waals surface area contributed by atoms with Gasteiger partial charge >= 0.3 is 0 Å². The predicted molar refractivity (Wildman–Crippen MR) is 72.4 cm³/mol. The molecule has 0 aliphatic rings. The quantitative estimate of drug-likeness (QED) is 0.787. The molecule has 1 heterocycles. The lowest BCUT2D eigenvalue weighted by atomic mass is 9.87. The van der Waals surface area contributed by atoms with Crippen LogP contribution in [0.2, 0.25) is 0 Å². The van der Waals surface area contributed by atoms with Crippen LogP contribution in [0.3, 0.4) is 0 Å². The van der Waals surface area contributed by atoms with E-state index in [1.165, 1.54) is 11.6 Å². The molecule has 0 radical (unpaired) electrons. The molecule has 1 aromatic rings. The topological polar surface area (TPSA) is 102 Å². The van der Waals surface area contributed by atoms with Gasteiger partial charge in [0.15, 0.2) is 5.82 Å². The van der Waals surface area contributed by atoms with Gasteiger partial charge in [-0.1, -0.05) is 13.8 Å². The van der Waals surface area contributed by atoms with E-state index in [0.717, 1.165) is 0 Å². The number of carbonyl (C=O) groups is 2. The van der Waals surface area contributed by atoms with Gasteiger partial charge in [-0.2, -0.15) is 0 Å². The van der Waals surface area contributed by atoms with E-state index in [1.54, 1.807) is 20.9 Å². The molecule has 0 bridgehead atoms. The van der Waals surface area contributed by atoms with Crippen molar-refractivity contribution in [2.45, 2.75) is 46.2 Å². The van der Waals surface area contributed by atoms with E-state index in [0.29, 0.717) is 5.82 Å². The van der Waals surface area contributed by atoms with Crippen LogP contribution in [0.15, 0.2) is 0 Å². The zero-order valence-corrected chi connectivity index (χ0v) is 12.8. The summed E-state index contributed by atoms with van der Waals surface area (Å²) in [7, 11) is 1.70. The van der Waals surface area contributed by atoms with Crippen molar-refractivity contribution >= 4 is 11.8 Å². The summed E-state index contributed by atoms with van der Waals surface area (Å²) in [6.45, 7) is 8.65. The molecule has 1 rings (SSSR count). The fourth-order valence-electron chi connectivity index (χ4n) is 1.84. The fraction of sp³-hybridized carbons (Fsp3) is 0.750. The summed E-state index contributed by atoms with van der Waals surface area (Å²) >= 11 is 0. The molecule has 0 aromatic carbocycles. The molecule has 8 heteroatoms. The first kappa shape index (κ1) is 16.1. The molecule has 0 spiro atoms. The first-order valence-electron chi connectivity index (χ1n) is 6.50. The van der Waals surface area contributed by atoms with E-state index in [9.17, 15) is 9.59 Å². The van der Waals surface area contributed by atoms with Gasteiger partial charge in [0.2, 0.25) is 11.8 Å². The first-order chi connectivity index (χ1) is 9.18. The van der Waals surface area contributed by atoms with Crippen LogP contribution in [0.1, 0.15) is 46.5 Å². The van der Waals surface area contributed by atoms with Crippen molar-refractivity contribution < 1.29 is 9.59 Å². The molecule has 0 aliphatic heterocycles. The minimum atomic E-state index is -0.980. The summed E-state index contributed by atoms with van der Waals surface area (Å²) in [6.07, 6.45) is 0. The highest BCUT2D eigenvalue weighted by Crippen LogP contribution is 2.18. The van der Waals surface area contributed by atoms with Crippen LogP contribution < -0.4 is 10.6 Å². The molecule has 112 valence electrons. The monoisotopic (exact) mass is 282 g/mol. The summed E-state index contributed by atoms with van der Waals surface area (Å²) in [6, 6.07) is -0.352. The van der Waals surface area contributed by atoms with E-state index in [1.807, 2.05) is 13.8 Å². The van der Waals surface area contributed by atoms with Crippen LogP contribution in [0.4, 0.5) is 0 Å². The number of hydrogen-bond donors (Lipinski definition) is 2. The summed E-state index contributed by atoms with van der Waals surface area (Å²) in [4.78, 5) is 23.8. The largest absolute Gasteiger partial charge is 0.344 e. The second-order valence-corrected chi connectivity index (χ2v) is 5.39. The van der Waals surface area contributed by atoms with Crippen molar-refractivity contribution in [3.8, 4) is 0 Å². The minimum Gasteiger partial charge on any atom is -0.344 e. The first-order valence-corrected chi connectivity index (χ1v) is 6.50. The lowest BCUT2D eigenvalue weighted by Crippen LogP contribution is -2.59. The van der Waals surface area contributed by atoms with E-state index < -0.39 is 5.54 Å². The fourth-order valence-corrected chi connectivity index (χ4v) is 1.84. The Kier molecular flexibility index (Phi) is 4.80. The Morgan fingerprint density at radius 2 is 1.90 bits per heavy atom. The summed E-state index contributed by atoms with van der Waals surface area (Å²) in [5.74, 6) is -0.0222. The molecule has 2 unspecified atom stereocenters. The third kappa shape index (κ3) is 3.31. The second kappa shape index (κ2) is 5.98. The number of carbonyl (C=O) groups excluding carboxylic acids is 2. The number of aryl methyl sites for hydroxylation is 1. The van der Waals surface area contributed by atoms with Gasteiger partial charge < -0.3 is 10.6 Å². The van der Waals surface area contributed by atoms with Gasteiger partial charge in [-0.25, -0.2) is 4.68 Å². The smallest absolute Gasteiger partial charge is 0.246 e. The number of nitrogens with one attached hydrogen (secondary N) is 2. The van der Waals surface area contributed by atoms with Crippen LogP contribution in [0.5, 0.6) is 0 Å². The zero-order chi connectivity index (χ0) is 15.5. The van der Waals surface area contributed by atoms with Crippen molar-refractivity contribution in [1.82, 2.24) is 30.8 Å². The van der Waals surface area contributed by atoms with Crippen molar-refractivity contribution in [2.24, 2.45) is 13.0 Å². The second-order valence-electron chi connectivity index (χ2n) is 5.39. The van der Waals surface area contributed by atoms with Crippen LogP contribution in [-0.4, -0.2) is 37.6 Å². The lowest BCUT2D eigenvalue weighted by molar-refractivity contribution is -0.134. The molecule has 0 fully saturated rings. The molecule has 2 amide bonds. The molecule has 0 saturated heterocycles. The van der Waals surface area contributed by atoms with Crippen LogP contribution in [0, 0.1) is 5.92 Å². The highest BCUT2D eigenvalue weighted by Gasteiger charge is 2.38. The van der Waals surface area contributed by atoms with Crippen LogP contribution in [0.25, 0.3) is 0 Å². The third-order valence-corrected chi connectivity index (χ3v) is 3.45. The van der Waals surface area contributed by atoms with Gasteiger partial charge in [0.05, 0.1) is 6.04 Å². The van der Waals surface area contributed by atoms with E-state index in [4.69, 9.17) is 0 Å². The predicted octanol–water partition coefficient (Wildman–Crippen LogP) is -0.0619. The van der Waals surface area contributed by atoms with Gasteiger partial charge in [0.25, 0.3) is 0 Å². The Morgan fingerprint density at radius 1 is 1.30 bits per heavy atom. The molecule has 20 heavy (non-hydrogen) atoms. The van der Waals surface area contributed by atoms with Gasteiger partial charge in [0, 0.05) is 14.0 Å². The van der Waals surface area contributed by atoms with E-state index >= 15 is 0 Å². The maximum atomic E-state index is 12.5. The average molecular weight is 282 g/mol. The summed E-state index contributed by atoms with van der Waals surface area (Å²) in [5.41, 5.74) is -0.980. The van der Waals surface area contributed by atoms with Crippen molar-refractivity contribution in [3.05, 3.63) is 5.82 Å². The summed E-state index contributed by atoms with van der Waals surface area (Å²) < 4.78 is 1.50. The van der Waals surface area contributed by atoms with Gasteiger partial charge in [-0.3, -0.25) is 9.59 Å². The molecular formula is C12H22N6O2. The molecule has 0 aliphatic carbocycles.